The minimum absolute atomic E-state index is 0.178. The van der Waals surface area contributed by atoms with Gasteiger partial charge in [-0.15, -0.1) is 0 Å². The van der Waals surface area contributed by atoms with Gasteiger partial charge >= 0.3 is 0 Å². The van der Waals surface area contributed by atoms with E-state index in [0.29, 0.717) is 18.5 Å². The van der Waals surface area contributed by atoms with Gasteiger partial charge in [-0.05, 0) is 52.2 Å². The van der Waals surface area contributed by atoms with Crippen molar-refractivity contribution < 1.29 is 4.79 Å². The van der Waals surface area contributed by atoms with E-state index in [-0.39, 0.29) is 11.9 Å². The fraction of sp³-hybridized carbons (Fsp3) is 0.933. The molecule has 1 aliphatic heterocycles. The van der Waals surface area contributed by atoms with E-state index in [1.54, 1.807) is 0 Å². The summed E-state index contributed by atoms with van der Waals surface area (Å²) in [6.45, 7) is 9.02. The Morgan fingerprint density at radius 2 is 2.05 bits per heavy atom. The number of piperidine rings is 1. The number of carbonyl (C=O) groups is 1. The van der Waals surface area contributed by atoms with Gasteiger partial charge in [-0.2, -0.15) is 0 Å². The molecule has 0 aromatic carbocycles. The minimum atomic E-state index is 0.178. The van der Waals surface area contributed by atoms with Crippen molar-refractivity contribution in [1.82, 2.24) is 15.5 Å². The van der Waals surface area contributed by atoms with E-state index in [2.05, 4.69) is 36.3 Å². The summed E-state index contributed by atoms with van der Waals surface area (Å²) in [5.74, 6) is 0.669. The third-order valence-electron chi connectivity index (χ3n) is 4.21. The summed E-state index contributed by atoms with van der Waals surface area (Å²) in [6.07, 6.45) is 4.90. The summed E-state index contributed by atoms with van der Waals surface area (Å²) in [5, 5.41) is 6.32. The van der Waals surface area contributed by atoms with Gasteiger partial charge in [0.15, 0.2) is 0 Å². The predicted octanol–water partition coefficient (Wildman–Crippen LogP) is 1.61. The molecule has 0 radical (unpaired) electrons. The Balaban J connectivity index is 2.40. The summed E-state index contributed by atoms with van der Waals surface area (Å²) in [5.41, 5.74) is 0. The fourth-order valence-electron chi connectivity index (χ4n) is 2.56. The largest absolute Gasteiger partial charge is 0.352 e. The third-order valence-corrected chi connectivity index (χ3v) is 4.21. The van der Waals surface area contributed by atoms with Gasteiger partial charge in [-0.1, -0.05) is 20.3 Å². The lowest BCUT2D eigenvalue weighted by Crippen LogP contribution is -2.48. The lowest BCUT2D eigenvalue weighted by Gasteiger charge is -2.35. The molecule has 2 unspecified atom stereocenters. The second-order valence-corrected chi connectivity index (χ2v) is 6.11. The molecule has 1 aliphatic rings. The number of hydrogen-bond donors (Lipinski definition) is 2. The van der Waals surface area contributed by atoms with Crippen LogP contribution < -0.4 is 10.6 Å². The number of nitrogens with one attached hydrogen (secondary N) is 2. The molecule has 4 nitrogen and oxygen atoms in total. The van der Waals surface area contributed by atoms with Crippen molar-refractivity contribution in [2.24, 2.45) is 5.92 Å². The van der Waals surface area contributed by atoms with Gasteiger partial charge in [0.2, 0.25) is 5.91 Å². The van der Waals surface area contributed by atoms with Crippen molar-refractivity contribution in [1.29, 1.82) is 0 Å². The summed E-state index contributed by atoms with van der Waals surface area (Å²) in [7, 11) is 1.99. The van der Waals surface area contributed by atoms with Gasteiger partial charge < -0.3 is 10.6 Å². The molecule has 1 amide bonds. The lowest BCUT2D eigenvalue weighted by atomic mass is 9.99. The monoisotopic (exact) mass is 269 g/mol. The molecule has 1 saturated heterocycles. The van der Waals surface area contributed by atoms with E-state index in [0.717, 1.165) is 19.5 Å². The second-order valence-electron chi connectivity index (χ2n) is 6.11. The number of likely N-dealkylation sites (tertiary alicyclic amines) is 1. The Bertz CT molecular complexity index is 268. The van der Waals surface area contributed by atoms with Gasteiger partial charge in [0, 0.05) is 12.1 Å². The first kappa shape index (κ1) is 16.4. The molecule has 1 fully saturated rings. The topological polar surface area (TPSA) is 44.4 Å². The molecule has 1 rings (SSSR count). The molecule has 112 valence electrons. The molecule has 0 bridgehead atoms. The van der Waals surface area contributed by atoms with Crippen LogP contribution >= 0.6 is 0 Å². The third kappa shape index (κ3) is 5.91. The van der Waals surface area contributed by atoms with E-state index >= 15 is 0 Å². The molecule has 0 saturated carbocycles. The zero-order chi connectivity index (χ0) is 14.3. The summed E-state index contributed by atoms with van der Waals surface area (Å²) in [4.78, 5) is 14.4. The smallest absolute Gasteiger partial charge is 0.234 e. The van der Waals surface area contributed by atoms with E-state index in [9.17, 15) is 4.79 Å². The van der Waals surface area contributed by atoms with Gasteiger partial charge in [-0.25, -0.2) is 0 Å². The van der Waals surface area contributed by atoms with Crippen LogP contribution in [0.1, 0.15) is 46.5 Å². The maximum atomic E-state index is 12.1. The van der Waals surface area contributed by atoms with Crippen LogP contribution in [-0.2, 0) is 4.79 Å². The van der Waals surface area contributed by atoms with E-state index in [1.165, 1.54) is 19.3 Å². The minimum Gasteiger partial charge on any atom is -0.352 e. The molecule has 1 heterocycles. The van der Waals surface area contributed by atoms with Crippen molar-refractivity contribution in [3.8, 4) is 0 Å². The highest BCUT2D eigenvalue weighted by Crippen LogP contribution is 2.18. The average molecular weight is 269 g/mol. The van der Waals surface area contributed by atoms with Crippen molar-refractivity contribution >= 4 is 5.91 Å². The highest BCUT2D eigenvalue weighted by atomic mass is 16.2. The highest BCUT2D eigenvalue weighted by molar-refractivity contribution is 5.78. The number of rotatable bonds is 7. The molecule has 4 heteroatoms. The summed E-state index contributed by atoms with van der Waals surface area (Å²) < 4.78 is 0. The highest BCUT2D eigenvalue weighted by Gasteiger charge is 2.24. The van der Waals surface area contributed by atoms with Crippen LogP contribution in [0.25, 0.3) is 0 Å². The van der Waals surface area contributed by atoms with Crippen molar-refractivity contribution in [3.63, 3.8) is 0 Å². The van der Waals surface area contributed by atoms with Gasteiger partial charge in [0.1, 0.15) is 0 Å². The zero-order valence-corrected chi connectivity index (χ0v) is 13.0. The number of carbonyl (C=O) groups excluding carboxylic acids is 1. The van der Waals surface area contributed by atoms with Crippen LogP contribution in [0.15, 0.2) is 0 Å². The maximum absolute atomic E-state index is 12.1. The average Bonchev–Trinajstić information content (AvgIpc) is 2.37. The molecule has 0 aliphatic carbocycles. The Kier molecular flexibility index (Phi) is 7.39. The Labute approximate surface area is 118 Å². The Hall–Kier alpha value is -0.610. The first-order chi connectivity index (χ1) is 9.04. The van der Waals surface area contributed by atoms with Gasteiger partial charge in [0.05, 0.1) is 6.54 Å². The summed E-state index contributed by atoms with van der Waals surface area (Å²) >= 11 is 0. The molecular formula is C15H31N3O. The first-order valence-electron chi connectivity index (χ1n) is 7.72. The van der Waals surface area contributed by atoms with Crippen LogP contribution in [0.4, 0.5) is 0 Å². The Morgan fingerprint density at radius 3 is 2.68 bits per heavy atom. The van der Waals surface area contributed by atoms with Crippen LogP contribution in [-0.4, -0.2) is 49.6 Å². The first-order valence-corrected chi connectivity index (χ1v) is 7.72. The molecule has 2 atom stereocenters. The predicted molar refractivity (Wildman–Crippen MR) is 80.2 cm³/mol. The standard InChI is InChI=1S/C15H31N3O/c1-12(2)13(3)17-15(19)11-18-10-6-5-7-14(18)8-9-16-4/h12-14,16H,5-11H2,1-4H3,(H,17,19). The van der Waals surface area contributed by atoms with Crippen molar-refractivity contribution in [3.05, 3.63) is 0 Å². The number of amides is 1. The normalized spacial score (nSPS) is 22.5. The van der Waals surface area contributed by atoms with Gasteiger partial charge in [0.25, 0.3) is 0 Å². The number of hydrogen-bond acceptors (Lipinski definition) is 3. The molecule has 0 aromatic rings. The fourth-order valence-corrected chi connectivity index (χ4v) is 2.56. The molecule has 0 spiro atoms. The van der Waals surface area contributed by atoms with Gasteiger partial charge in [-0.3, -0.25) is 9.69 Å². The lowest BCUT2D eigenvalue weighted by molar-refractivity contribution is -0.124. The second kappa shape index (κ2) is 8.54. The van der Waals surface area contributed by atoms with E-state index < -0.39 is 0 Å². The molecule has 2 N–H and O–H groups in total. The molecule has 19 heavy (non-hydrogen) atoms. The molecular weight excluding hydrogens is 238 g/mol. The van der Waals surface area contributed by atoms with Crippen LogP contribution in [0, 0.1) is 5.92 Å². The van der Waals surface area contributed by atoms with E-state index in [4.69, 9.17) is 0 Å². The van der Waals surface area contributed by atoms with Crippen LogP contribution in [0.2, 0.25) is 0 Å². The quantitative estimate of drug-likeness (QED) is 0.738. The SMILES string of the molecule is CNCCC1CCCCN1CC(=O)NC(C)C(C)C. The van der Waals surface area contributed by atoms with Crippen molar-refractivity contribution in [2.45, 2.75) is 58.5 Å². The van der Waals surface area contributed by atoms with Crippen LogP contribution in [0.3, 0.4) is 0 Å². The molecule has 0 aromatic heterocycles. The summed E-state index contributed by atoms with van der Waals surface area (Å²) in [6, 6.07) is 0.828. The maximum Gasteiger partial charge on any atom is 0.234 e. The van der Waals surface area contributed by atoms with Crippen LogP contribution in [0.5, 0.6) is 0 Å². The number of nitrogens with zero attached hydrogens (tertiary/aromatic N) is 1. The van der Waals surface area contributed by atoms with Crippen molar-refractivity contribution in [2.75, 3.05) is 26.7 Å². The zero-order valence-electron chi connectivity index (χ0n) is 13.0. The van der Waals surface area contributed by atoms with E-state index in [1.807, 2.05) is 7.05 Å². The Morgan fingerprint density at radius 1 is 1.32 bits per heavy atom.